The number of hydrogen-bond donors (Lipinski definition) is 2. The molecule has 0 unspecified atom stereocenters. The summed E-state index contributed by atoms with van der Waals surface area (Å²) in [6.45, 7) is 0. The SMILES string of the molecule is N=C=Cc1ccccc1O. The van der Waals surface area contributed by atoms with Gasteiger partial charge < -0.3 is 5.11 Å². The number of nitrogens with one attached hydrogen (secondary N) is 1. The third-order valence-electron chi connectivity index (χ3n) is 1.16. The average molecular weight is 133 g/mol. The summed E-state index contributed by atoms with van der Waals surface area (Å²) in [7, 11) is 0. The molecule has 2 N–H and O–H groups in total. The maximum absolute atomic E-state index is 9.09. The van der Waals surface area contributed by atoms with Crippen LogP contribution in [0.5, 0.6) is 5.75 Å². The quantitative estimate of drug-likeness (QED) is 0.562. The van der Waals surface area contributed by atoms with Gasteiger partial charge in [-0.3, -0.25) is 5.41 Å². The van der Waals surface area contributed by atoms with E-state index in [4.69, 9.17) is 10.5 Å². The molecule has 0 aliphatic heterocycles. The number of aromatic hydroxyl groups is 1. The Balaban J connectivity index is 3.14. The first-order valence-electron chi connectivity index (χ1n) is 2.88. The molecule has 2 nitrogen and oxygen atoms in total. The molecule has 0 amide bonds. The van der Waals surface area contributed by atoms with Crippen LogP contribution in [0.2, 0.25) is 0 Å². The zero-order valence-electron chi connectivity index (χ0n) is 5.33. The van der Waals surface area contributed by atoms with E-state index in [1.54, 1.807) is 24.3 Å². The fourth-order valence-corrected chi connectivity index (χ4v) is 0.687. The standard InChI is InChI=1S/C8H7NO/c9-6-5-7-3-1-2-4-8(7)10/h1-5,9-10H. The minimum absolute atomic E-state index is 0.183. The summed E-state index contributed by atoms with van der Waals surface area (Å²) in [5.74, 6) is 2.27. The second-order valence-corrected chi connectivity index (χ2v) is 1.85. The molecule has 0 bridgehead atoms. The predicted molar refractivity (Wildman–Crippen MR) is 40.3 cm³/mol. The van der Waals surface area contributed by atoms with Crippen molar-refractivity contribution in [2.24, 2.45) is 0 Å². The summed E-state index contributed by atoms with van der Waals surface area (Å²) < 4.78 is 0. The fraction of sp³-hybridized carbons (Fsp3) is 0. The number of hydrogen-bond acceptors (Lipinski definition) is 2. The van der Waals surface area contributed by atoms with Gasteiger partial charge in [-0.05, 0) is 11.9 Å². The molecule has 0 aliphatic rings. The van der Waals surface area contributed by atoms with E-state index in [-0.39, 0.29) is 5.75 Å². The normalized spacial score (nSPS) is 8.40. The maximum atomic E-state index is 9.09. The molecular formula is C8H7NO. The summed E-state index contributed by atoms with van der Waals surface area (Å²) in [6.07, 6.45) is 1.41. The van der Waals surface area contributed by atoms with E-state index in [1.165, 1.54) is 6.08 Å². The van der Waals surface area contributed by atoms with Gasteiger partial charge in [0.2, 0.25) is 0 Å². The Morgan fingerprint density at radius 3 is 2.70 bits per heavy atom. The van der Waals surface area contributed by atoms with Crippen molar-refractivity contribution in [1.29, 1.82) is 5.41 Å². The molecule has 10 heavy (non-hydrogen) atoms. The molecule has 2 heteroatoms. The van der Waals surface area contributed by atoms with Crippen LogP contribution in [-0.4, -0.2) is 11.0 Å². The van der Waals surface area contributed by atoms with Crippen LogP contribution in [0.15, 0.2) is 24.3 Å². The van der Waals surface area contributed by atoms with Gasteiger partial charge in [0.1, 0.15) is 5.75 Å². The first kappa shape index (κ1) is 6.59. The van der Waals surface area contributed by atoms with Gasteiger partial charge in [0.15, 0.2) is 0 Å². The van der Waals surface area contributed by atoms with E-state index >= 15 is 0 Å². The second-order valence-electron chi connectivity index (χ2n) is 1.85. The van der Waals surface area contributed by atoms with Crippen molar-refractivity contribution in [2.75, 3.05) is 0 Å². The summed E-state index contributed by atoms with van der Waals surface area (Å²) in [4.78, 5) is 0. The highest BCUT2D eigenvalue weighted by atomic mass is 16.3. The molecule has 0 heterocycles. The van der Waals surface area contributed by atoms with Crippen molar-refractivity contribution in [2.45, 2.75) is 0 Å². The molecular weight excluding hydrogens is 126 g/mol. The van der Waals surface area contributed by atoms with Crippen LogP contribution < -0.4 is 0 Å². The molecule has 0 aliphatic carbocycles. The van der Waals surface area contributed by atoms with Crippen molar-refractivity contribution in [3.8, 4) is 5.75 Å². The highest BCUT2D eigenvalue weighted by molar-refractivity contribution is 5.78. The second kappa shape index (κ2) is 2.85. The minimum atomic E-state index is 0.183. The lowest BCUT2D eigenvalue weighted by molar-refractivity contribution is 0.474. The molecule has 0 radical (unpaired) electrons. The van der Waals surface area contributed by atoms with Crippen molar-refractivity contribution in [3.63, 3.8) is 0 Å². The first-order chi connectivity index (χ1) is 4.84. The molecule has 0 atom stereocenters. The Morgan fingerprint density at radius 2 is 2.10 bits per heavy atom. The third kappa shape index (κ3) is 1.24. The lowest BCUT2D eigenvalue weighted by Crippen LogP contribution is -1.71. The molecule has 1 aromatic rings. The minimum Gasteiger partial charge on any atom is -0.507 e. The van der Waals surface area contributed by atoms with Gasteiger partial charge in [0.25, 0.3) is 0 Å². The van der Waals surface area contributed by atoms with Gasteiger partial charge in [0, 0.05) is 11.6 Å². The van der Waals surface area contributed by atoms with E-state index in [2.05, 4.69) is 5.87 Å². The molecule has 1 aromatic carbocycles. The van der Waals surface area contributed by atoms with Gasteiger partial charge >= 0.3 is 0 Å². The third-order valence-corrected chi connectivity index (χ3v) is 1.16. The molecule has 0 fully saturated rings. The maximum Gasteiger partial charge on any atom is 0.123 e. The number of phenolic OH excluding ortho intramolecular Hbond substituents is 1. The highest BCUT2D eigenvalue weighted by Crippen LogP contribution is 2.15. The lowest BCUT2D eigenvalue weighted by Gasteiger charge is -1.93. The van der Waals surface area contributed by atoms with Gasteiger partial charge in [-0.15, -0.1) is 0 Å². The summed E-state index contributed by atoms with van der Waals surface area (Å²) >= 11 is 0. The Kier molecular flexibility index (Phi) is 1.88. The van der Waals surface area contributed by atoms with Crippen molar-refractivity contribution in [1.82, 2.24) is 0 Å². The molecule has 0 saturated heterocycles. The van der Waals surface area contributed by atoms with E-state index < -0.39 is 0 Å². The highest BCUT2D eigenvalue weighted by Gasteiger charge is 1.91. The van der Waals surface area contributed by atoms with Crippen LogP contribution in [0.1, 0.15) is 5.56 Å². The molecule has 0 saturated carbocycles. The number of rotatable bonds is 1. The number of benzene rings is 1. The van der Waals surface area contributed by atoms with E-state index in [0.29, 0.717) is 5.56 Å². The van der Waals surface area contributed by atoms with Gasteiger partial charge in [-0.1, -0.05) is 18.2 Å². The monoisotopic (exact) mass is 133 g/mol. The lowest BCUT2D eigenvalue weighted by atomic mass is 10.2. The summed E-state index contributed by atoms with van der Waals surface area (Å²) in [5, 5.41) is 15.7. The number of para-hydroxylation sites is 1. The average Bonchev–Trinajstić information content (AvgIpc) is 1.94. The molecule has 1 rings (SSSR count). The number of phenols is 1. The van der Waals surface area contributed by atoms with Crippen LogP contribution in [-0.2, 0) is 0 Å². The summed E-state index contributed by atoms with van der Waals surface area (Å²) in [5.41, 5.74) is 0.623. The van der Waals surface area contributed by atoms with Crippen LogP contribution in [0.25, 0.3) is 6.08 Å². The van der Waals surface area contributed by atoms with Crippen LogP contribution >= 0.6 is 0 Å². The van der Waals surface area contributed by atoms with Crippen LogP contribution in [0.4, 0.5) is 0 Å². The Bertz CT molecular complexity index is 274. The molecule has 50 valence electrons. The first-order valence-corrected chi connectivity index (χ1v) is 2.88. The predicted octanol–water partition coefficient (Wildman–Crippen LogP) is 1.65. The molecule has 0 aromatic heterocycles. The smallest absolute Gasteiger partial charge is 0.123 e. The van der Waals surface area contributed by atoms with Crippen LogP contribution in [0, 0.1) is 5.41 Å². The Morgan fingerprint density at radius 1 is 1.40 bits per heavy atom. The summed E-state index contributed by atoms with van der Waals surface area (Å²) in [6, 6.07) is 6.82. The van der Waals surface area contributed by atoms with Crippen LogP contribution in [0.3, 0.4) is 0 Å². The van der Waals surface area contributed by atoms with E-state index in [1.807, 2.05) is 0 Å². The fourth-order valence-electron chi connectivity index (χ4n) is 0.687. The van der Waals surface area contributed by atoms with Crippen molar-refractivity contribution < 1.29 is 5.11 Å². The Hall–Kier alpha value is -1.53. The van der Waals surface area contributed by atoms with Gasteiger partial charge in [-0.25, -0.2) is 0 Å². The topological polar surface area (TPSA) is 44.1 Å². The Labute approximate surface area is 59.0 Å². The van der Waals surface area contributed by atoms with E-state index in [0.717, 1.165) is 0 Å². The van der Waals surface area contributed by atoms with E-state index in [9.17, 15) is 0 Å². The van der Waals surface area contributed by atoms with Crippen molar-refractivity contribution >= 4 is 11.9 Å². The zero-order chi connectivity index (χ0) is 7.40. The molecule has 0 spiro atoms. The van der Waals surface area contributed by atoms with Gasteiger partial charge in [-0.2, -0.15) is 0 Å². The zero-order valence-corrected chi connectivity index (χ0v) is 5.33. The largest absolute Gasteiger partial charge is 0.507 e. The van der Waals surface area contributed by atoms with Gasteiger partial charge in [0.05, 0.1) is 0 Å². The van der Waals surface area contributed by atoms with Crippen molar-refractivity contribution in [3.05, 3.63) is 29.8 Å².